The molecule has 0 spiro atoms. The van der Waals surface area contributed by atoms with Crippen molar-refractivity contribution in [3.8, 4) is 0 Å². The van der Waals surface area contributed by atoms with Gasteiger partial charge in [-0.25, -0.2) is 4.98 Å². The number of aromatic nitrogens is 1. The van der Waals surface area contributed by atoms with Crippen LogP contribution < -0.4 is 0 Å². The molecule has 6 heteroatoms. The normalized spacial score (nSPS) is 15.5. The molecule has 0 amide bonds. The molecule has 15 heavy (non-hydrogen) atoms. The van der Waals surface area contributed by atoms with Gasteiger partial charge in [-0.1, -0.05) is 4.40 Å². The minimum atomic E-state index is -1.22. The van der Waals surface area contributed by atoms with Gasteiger partial charge in [-0.15, -0.1) is 11.3 Å². The van der Waals surface area contributed by atoms with Crippen molar-refractivity contribution in [2.75, 3.05) is 0 Å². The molecule has 0 aliphatic heterocycles. The summed E-state index contributed by atoms with van der Waals surface area (Å²) >= 11 is 3.60. The van der Waals surface area contributed by atoms with Crippen LogP contribution in [0.2, 0.25) is 0 Å². The molecule has 0 saturated carbocycles. The fourth-order valence-corrected chi connectivity index (χ4v) is 2.54. The van der Waals surface area contributed by atoms with Crippen LogP contribution in [0.15, 0.2) is 14.4 Å². The molecule has 0 N–H and O–H groups in total. The molecule has 0 aromatic carbocycles. The van der Waals surface area contributed by atoms with Crippen LogP contribution in [-0.2, 0) is 11.4 Å². The Balaban J connectivity index is 2.85. The van der Waals surface area contributed by atoms with Gasteiger partial charge in [0.05, 0.1) is 9.98 Å². The summed E-state index contributed by atoms with van der Waals surface area (Å²) in [6, 6.07) is 0. The molecule has 1 aromatic heterocycles. The third kappa shape index (κ3) is 3.86. The number of hydrogen-bond donors (Lipinski definition) is 0. The second kappa shape index (κ2) is 4.95. The van der Waals surface area contributed by atoms with Crippen molar-refractivity contribution in [2.45, 2.75) is 32.4 Å². The number of hydrogen-bond acceptors (Lipinski definition) is 4. The summed E-state index contributed by atoms with van der Waals surface area (Å²) in [6.45, 7) is 7.53. The van der Waals surface area contributed by atoms with Crippen molar-refractivity contribution < 1.29 is 4.55 Å². The summed E-state index contributed by atoms with van der Waals surface area (Å²) in [4.78, 5) is 4.16. The van der Waals surface area contributed by atoms with E-state index in [9.17, 15) is 4.55 Å². The van der Waals surface area contributed by atoms with E-state index in [2.05, 4.69) is 25.3 Å². The zero-order chi connectivity index (χ0) is 11.6. The minimum Gasteiger partial charge on any atom is -0.591 e. The lowest BCUT2D eigenvalue weighted by atomic mass is 10.3. The molecule has 0 radical (unpaired) electrons. The average Bonchev–Trinajstić information content (AvgIpc) is 2.50. The summed E-state index contributed by atoms with van der Waals surface area (Å²) in [6.07, 6.45) is 1.72. The van der Waals surface area contributed by atoms with Crippen molar-refractivity contribution in [3.63, 3.8) is 0 Å². The summed E-state index contributed by atoms with van der Waals surface area (Å²) in [5, 5.41) is 0.805. The van der Waals surface area contributed by atoms with Gasteiger partial charge in [-0.05, 0) is 43.6 Å². The van der Waals surface area contributed by atoms with Crippen molar-refractivity contribution in [1.29, 1.82) is 0 Å². The molecule has 0 aliphatic rings. The first-order valence-electron chi connectivity index (χ1n) is 4.39. The van der Waals surface area contributed by atoms with Gasteiger partial charge in [0.1, 0.15) is 26.8 Å². The molecular weight excluding hydrogens is 296 g/mol. The van der Waals surface area contributed by atoms with E-state index in [4.69, 9.17) is 0 Å². The third-order valence-electron chi connectivity index (χ3n) is 1.53. The van der Waals surface area contributed by atoms with E-state index in [1.807, 2.05) is 27.7 Å². The van der Waals surface area contributed by atoms with Crippen molar-refractivity contribution in [2.24, 2.45) is 4.40 Å². The molecule has 1 rings (SSSR count). The second-order valence-corrected chi connectivity index (χ2v) is 8.32. The molecule has 1 unspecified atom stereocenters. The van der Waals surface area contributed by atoms with E-state index in [0.29, 0.717) is 0 Å². The number of rotatable bonds is 2. The predicted octanol–water partition coefficient (Wildman–Crippen LogP) is 3.18. The third-order valence-corrected chi connectivity index (χ3v) is 4.60. The fraction of sp³-hybridized carbons (Fsp3) is 0.556. The van der Waals surface area contributed by atoms with Crippen LogP contribution in [0.4, 0.5) is 0 Å². The van der Waals surface area contributed by atoms with Crippen LogP contribution in [0.25, 0.3) is 0 Å². The second-order valence-electron chi connectivity index (χ2n) is 4.01. The quantitative estimate of drug-likeness (QED) is 0.622. The molecule has 0 bridgehead atoms. The number of halogens is 1. The Morgan fingerprint density at radius 2 is 2.20 bits per heavy atom. The first-order chi connectivity index (χ1) is 6.80. The Morgan fingerprint density at radius 1 is 1.60 bits per heavy atom. The van der Waals surface area contributed by atoms with Gasteiger partial charge in [-0.3, -0.25) is 0 Å². The average molecular weight is 309 g/mol. The topological polar surface area (TPSA) is 48.3 Å². The molecule has 0 aliphatic carbocycles. The van der Waals surface area contributed by atoms with E-state index in [1.165, 1.54) is 11.3 Å². The van der Waals surface area contributed by atoms with Crippen LogP contribution in [-0.4, -0.2) is 20.0 Å². The summed E-state index contributed by atoms with van der Waals surface area (Å²) in [5.41, 5.74) is 0.721. The molecule has 84 valence electrons. The van der Waals surface area contributed by atoms with E-state index < -0.39 is 11.4 Å². The zero-order valence-electron chi connectivity index (χ0n) is 9.07. The number of thiazole rings is 1. The molecule has 3 nitrogen and oxygen atoms in total. The van der Waals surface area contributed by atoms with Gasteiger partial charge in [-0.2, -0.15) is 0 Å². The Morgan fingerprint density at radius 3 is 2.60 bits per heavy atom. The zero-order valence-corrected chi connectivity index (χ0v) is 12.3. The van der Waals surface area contributed by atoms with Gasteiger partial charge in [0.25, 0.3) is 0 Å². The van der Waals surface area contributed by atoms with E-state index in [1.54, 1.807) is 6.20 Å². The van der Waals surface area contributed by atoms with Crippen molar-refractivity contribution in [3.05, 3.63) is 15.0 Å². The highest BCUT2D eigenvalue weighted by Gasteiger charge is 2.27. The smallest absolute Gasteiger partial charge is 0.144 e. The molecular formula is C9H13BrN2OS2. The highest BCUT2D eigenvalue weighted by molar-refractivity contribution is 9.11. The summed E-state index contributed by atoms with van der Waals surface area (Å²) in [7, 11) is 0. The molecule has 0 saturated heterocycles. The Bertz CT molecular complexity index is 370. The fourth-order valence-electron chi connectivity index (χ4n) is 0.722. The number of nitrogens with zero attached hydrogens (tertiary/aromatic N) is 2. The van der Waals surface area contributed by atoms with Crippen LogP contribution >= 0.6 is 27.3 Å². The largest absolute Gasteiger partial charge is 0.591 e. The highest BCUT2D eigenvalue weighted by Crippen LogP contribution is 2.22. The van der Waals surface area contributed by atoms with Gasteiger partial charge >= 0.3 is 0 Å². The van der Waals surface area contributed by atoms with E-state index in [-0.39, 0.29) is 4.75 Å². The summed E-state index contributed by atoms with van der Waals surface area (Å²) < 4.78 is 16.5. The maximum absolute atomic E-state index is 11.7. The van der Waals surface area contributed by atoms with Crippen molar-refractivity contribution in [1.82, 2.24) is 4.98 Å². The van der Waals surface area contributed by atoms with Gasteiger partial charge in [0, 0.05) is 0 Å². The minimum absolute atomic E-state index is 0.324. The van der Waals surface area contributed by atoms with Gasteiger partial charge in [0.2, 0.25) is 0 Å². The van der Waals surface area contributed by atoms with Crippen LogP contribution in [0.1, 0.15) is 32.7 Å². The van der Waals surface area contributed by atoms with Crippen molar-refractivity contribution >= 4 is 44.3 Å². The standard InChI is InChI=1S/C9H13BrN2OS2/c1-6(8-11-5-7(10)14-8)12-15(13)9(2,3)4/h5H,1-4H3. The molecule has 1 heterocycles. The monoisotopic (exact) mass is 308 g/mol. The lowest BCUT2D eigenvalue weighted by Crippen LogP contribution is -2.26. The summed E-state index contributed by atoms with van der Waals surface area (Å²) in [5.74, 6) is 0. The SMILES string of the molecule is CC(=N[S+]([O-])C(C)(C)C)c1ncc(Br)s1. The van der Waals surface area contributed by atoms with E-state index >= 15 is 0 Å². The molecule has 1 atom stereocenters. The van der Waals surface area contributed by atoms with Crippen LogP contribution in [0.5, 0.6) is 0 Å². The van der Waals surface area contributed by atoms with Crippen LogP contribution in [0, 0.1) is 0 Å². The first-order valence-corrected chi connectivity index (χ1v) is 7.11. The lowest BCUT2D eigenvalue weighted by Gasteiger charge is -2.18. The van der Waals surface area contributed by atoms with Crippen LogP contribution in [0.3, 0.4) is 0 Å². The maximum Gasteiger partial charge on any atom is 0.144 e. The van der Waals surface area contributed by atoms with Gasteiger partial charge < -0.3 is 4.55 Å². The molecule has 1 aromatic rings. The Labute approximate surface area is 105 Å². The first kappa shape index (κ1) is 13.2. The predicted molar refractivity (Wildman–Crippen MR) is 69.9 cm³/mol. The lowest BCUT2D eigenvalue weighted by molar-refractivity contribution is 0.561. The van der Waals surface area contributed by atoms with E-state index in [0.717, 1.165) is 14.5 Å². The Kier molecular flexibility index (Phi) is 4.34. The van der Waals surface area contributed by atoms with Gasteiger partial charge in [0.15, 0.2) is 0 Å². The highest BCUT2D eigenvalue weighted by atomic mass is 79.9. The maximum atomic E-state index is 11.7. The molecule has 0 fully saturated rings. The Hall–Kier alpha value is 0.0900.